The number of carbonyl (C=O) groups is 1. The van der Waals surface area contributed by atoms with E-state index in [2.05, 4.69) is 33.0 Å². The van der Waals surface area contributed by atoms with Gasteiger partial charge in [0.2, 0.25) is 5.91 Å². The number of rotatable bonds is 1. The minimum absolute atomic E-state index is 0.0190. The van der Waals surface area contributed by atoms with Gasteiger partial charge in [0.15, 0.2) is 0 Å². The van der Waals surface area contributed by atoms with Crippen LogP contribution in [-0.4, -0.2) is 23.0 Å². The number of nitrogens with one attached hydrogen (secondary N) is 1. The van der Waals surface area contributed by atoms with E-state index >= 15 is 0 Å². The molecule has 1 rings (SSSR count). The highest BCUT2D eigenvalue weighted by molar-refractivity contribution is 5.73. The minimum atomic E-state index is -0.0190. The molecule has 81 valence electrons. The summed E-state index contributed by atoms with van der Waals surface area (Å²) in [5.74, 6) is 0.0588. The van der Waals surface area contributed by atoms with Crippen molar-refractivity contribution >= 4 is 5.91 Å². The monoisotopic (exact) mass is 197 g/mol. The summed E-state index contributed by atoms with van der Waals surface area (Å²) in [4.78, 5) is 11.0. The third-order valence-corrected chi connectivity index (χ3v) is 2.50. The van der Waals surface area contributed by atoms with E-state index in [9.17, 15) is 4.79 Å². The number of carbonyl (C=O) groups excluding carboxylic acids is 1. The molecular weight excluding hydrogens is 176 g/mol. The van der Waals surface area contributed by atoms with Crippen molar-refractivity contribution in [2.24, 2.45) is 0 Å². The summed E-state index contributed by atoms with van der Waals surface area (Å²) in [6.45, 7) is 10.1. The van der Waals surface area contributed by atoms with Crippen molar-refractivity contribution < 1.29 is 4.79 Å². The van der Waals surface area contributed by atoms with Gasteiger partial charge in [-0.2, -0.15) is 0 Å². The fraction of sp³-hybridized carbons (Fsp3) is 0.909. The van der Waals surface area contributed by atoms with Gasteiger partial charge in [-0.15, -0.1) is 0 Å². The van der Waals surface area contributed by atoms with Crippen LogP contribution >= 0.6 is 0 Å². The summed E-state index contributed by atoms with van der Waals surface area (Å²) >= 11 is 0. The highest BCUT2D eigenvalue weighted by atomic mass is 16.1. The molecule has 1 aliphatic heterocycles. The molecule has 14 heavy (non-hydrogen) atoms. The number of piperidine rings is 1. The van der Waals surface area contributed by atoms with Crippen molar-refractivity contribution in [3.63, 3.8) is 0 Å². The Morgan fingerprint density at radius 1 is 1.21 bits per heavy atom. The van der Waals surface area contributed by atoms with Gasteiger partial charge in [0, 0.05) is 24.0 Å². The number of hydrogen-bond donors (Lipinski definition) is 1. The van der Waals surface area contributed by atoms with Crippen LogP contribution in [0.25, 0.3) is 0 Å². The van der Waals surface area contributed by atoms with Gasteiger partial charge in [-0.1, -0.05) is 0 Å². The lowest BCUT2D eigenvalue weighted by molar-refractivity contribution is -0.120. The molecule has 1 fully saturated rings. The molecule has 1 radical (unpaired) electrons. The van der Waals surface area contributed by atoms with E-state index in [0.29, 0.717) is 0 Å². The molecular formula is C11H21N2O. The Morgan fingerprint density at radius 3 is 2.00 bits per heavy atom. The van der Waals surface area contributed by atoms with Crippen LogP contribution in [0.1, 0.15) is 47.5 Å². The molecule has 0 saturated carbocycles. The summed E-state index contributed by atoms with van der Waals surface area (Å²) < 4.78 is 0. The van der Waals surface area contributed by atoms with Crippen molar-refractivity contribution in [3.8, 4) is 0 Å². The molecule has 1 saturated heterocycles. The van der Waals surface area contributed by atoms with Crippen LogP contribution in [0.4, 0.5) is 0 Å². The molecule has 0 unspecified atom stereocenters. The van der Waals surface area contributed by atoms with E-state index in [4.69, 9.17) is 5.32 Å². The van der Waals surface area contributed by atoms with Crippen LogP contribution in [0.3, 0.4) is 0 Å². The average molecular weight is 197 g/mol. The fourth-order valence-electron chi connectivity index (χ4n) is 2.58. The summed E-state index contributed by atoms with van der Waals surface area (Å²) in [7, 11) is 0. The topological polar surface area (TPSA) is 43.2 Å². The predicted molar refractivity (Wildman–Crippen MR) is 57.1 cm³/mol. The molecule has 1 amide bonds. The van der Waals surface area contributed by atoms with Crippen LogP contribution < -0.4 is 10.6 Å². The molecule has 0 aromatic carbocycles. The molecule has 0 bridgehead atoms. The molecule has 0 spiro atoms. The first kappa shape index (κ1) is 11.5. The third-order valence-electron chi connectivity index (χ3n) is 2.50. The van der Waals surface area contributed by atoms with E-state index in [0.717, 1.165) is 12.8 Å². The lowest BCUT2D eigenvalue weighted by Crippen LogP contribution is -2.57. The van der Waals surface area contributed by atoms with Crippen LogP contribution in [0.15, 0.2) is 0 Å². The molecule has 1 heterocycles. The van der Waals surface area contributed by atoms with Crippen LogP contribution in [0, 0.1) is 0 Å². The minimum Gasteiger partial charge on any atom is -0.353 e. The molecule has 3 nitrogen and oxygen atoms in total. The summed E-state index contributed by atoms with van der Waals surface area (Å²) in [5.41, 5.74) is -0.0380. The van der Waals surface area contributed by atoms with E-state index in [-0.39, 0.29) is 23.0 Å². The van der Waals surface area contributed by atoms with Gasteiger partial charge in [0.1, 0.15) is 0 Å². The number of nitrogens with zero attached hydrogens (tertiary/aromatic N) is 1. The van der Waals surface area contributed by atoms with Crippen molar-refractivity contribution in [2.45, 2.75) is 64.6 Å². The predicted octanol–water partition coefficient (Wildman–Crippen LogP) is 1.45. The second-order valence-corrected chi connectivity index (χ2v) is 5.54. The Bertz CT molecular complexity index is 217. The normalized spacial score (nSPS) is 25.8. The molecule has 1 N–H and O–H groups in total. The van der Waals surface area contributed by atoms with Gasteiger partial charge in [0.25, 0.3) is 0 Å². The summed E-state index contributed by atoms with van der Waals surface area (Å²) in [6.07, 6.45) is 1.88. The summed E-state index contributed by atoms with van der Waals surface area (Å²) in [6, 6.07) is 0.273. The fourth-order valence-corrected chi connectivity index (χ4v) is 2.58. The molecule has 0 aliphatic carbocycles. The molecule has 0 atom stereocenters. The van der Waals surface area contributed by atoms with E-state index in [1.54, 1.807) is 6.92 Å². The van der Waals surface area contributed by atoms with E-state index in [1.807, 2.05) is 0 Å². The lowest BCUT2D eigenvalue weighted by Gasteiger charge is -2.44. The molecule has 1 aliphatic rings. The third kappa shape index (κ3) is 3.29. The SMILES string of the molecule is CC(=O)NC1CC(C)(C)[N]C(C)(C)C1. The van der Waals surface area contributed by atoms with E-state index in [1.165, 1.54) is 0 Å². The van der Waals surface area contributed by atoms with Gasteiger partial charge in [-0.25, -0.2) is 5.32 Å². The zero-order valence-corrected chi connectivity index (χ0v) is 9.85. The van der Waals surface area contributed by atoms with Gasteiger partial charge >= 0.3 is 0 Å². The maximum Gasteiger partial charge on any atom is 0.217 e. The lowest BCUT2D eigenvalue weighted by atomic mass is 9.79. The zero-order chi connectivity index (χ0) is 11.0. The van der Waals surface area contributed by atoms with Crippen molar-refractivity contribution in [1.82, 2.24) is 10.6 Å². The first-order valence-corrected chi connectivity index (χ1v) is 5.21. The van der Waals surface area contributed by atoms with Gasteiger partial charge in [0.05, 0.1) is 0 Å². The highest BCUT2D eigenvalue weighted by Gasteiger charge is 2.39. The van der Waals surface area contributed by atoms with Crippen molar-refractivity contribution in [3.05, 3.63) is 0 Å². The zero-order valence-electron chi connectivity index (χ0n) is 9.85. The Kier molecular flexibility index (Phi) is 2.91. The Labute approximate surface area is 86.6 Å². The van der Waals surface area contributed by atoms with Crippen LogP contribution in [-0.2, 0) is 4.79 Å². The van der Waals surface area contributed by atoms with Crippen LogP contribution in [0.2, 0.25) is 0 Å². The maximum atomic E-state index is 11.0. The summed E-state index contributed by atoms with van der Waals surface area (Å²) in [5, 5.41) is 7.75. The van der Waals surface area contributed by atoms with Gasteiger partial charge < -0.3 is 5.32 Å². The first-order chi connectivity index (χ1) is 6.20. The van der Waals surface area contributed by atoms with Crippen molar-refractivity contribution in [2.75, 3.05) is 0 Å². The van der Waals surface area contributed by atoms with E-state index < -0.39 is 0 Å². The second kappa shape index (κ2) is 3.54. The maximum absolute atomic E-state index is 11.0. The first-order valence-electron chi connectivity index (χ1n) is 5.21. The largest absolute Gasteiger partial charge is 0.353 e. The Hall–Kier alpha value is -0.570. The molecule has 0 aromatic heterocycles. The quantitative estimate of drug-likeness (QED) is 0.679. The second-order valence-electron chi connectivity index (χ2n) is 5.54. The highest BCUT2D eigenvalue weighted by Crippen LogP contribution is 2.30. The smallest absolute Gasteiger partial charge is 0.217 e. The Morgan fingerprint density at radius 2 is 1.64 bits per heavy atom. The molecule has 3 heteroatoms. The standard InChI is InChI=1S/C11H21N2O/c1-8(14)12-9-6-10(2,3)13-11(4,5)7-9/h9H,6-7H2,1-5H3,(H,12,14). The van der Waals surface area contributed by atoms with Gasteiger partial charge in [-0.05, 0) is 40.5 Å². The van der Waals surface area contributed by atoms with Crippen molar-refractivity contribution in [1.29, 1.82) is 0 Å². The average Bonchev–Trinajstić information content (AvgIpc) is 1.74. The van der Waals surface area contributed by atoms with Gasteiger partial charge in [-0.3, -0.25) is 4.79 Å². The van der Waals surface area contributed by atoms with Crippen LogP contribution in [0.5, 0.6) is 0 Å². The molecule has 0 aromatic rings. The number of hydrogen-bond acceptors (Lipinski definition) is 1. The number of amides is 1. The Balaban J connectivity index is 2.66.